The Labute approximate surface area is 223 Å². The van der Waals surface area contributed by atoms with Crippen LogP contribution in [0.1, 0.15) is 17.5 Å². The highest BCUT2D eigenvalue weighted by Crippen LogP contribution is 2.53. The van der Waals surface area contributed by atoms with Gasteiger partial charge in [0.05, 0.1) is 24.5 Å². The van der Waals surface area contributed by atoms with E-state index in [9.17, 15) is 19.5 Å². The molecule has 3 aliphatic heterocycles. The summed E-state index contributed by atoms with van der Waals surface area (Å²) in [7, 11) is 0. The number of likely N-dealkylation sites (tertiary alicyclic amines) is 1. The van der Waals surface area contributed by atoms with E-state index in [1.807, 2.05) is 0 Å². The van der Waals surface area contributed by atoms with Crippen molar-refractivity contribution < 1.29 is 24.2 Å². The molecule has 0 aliphatic carbocycles. The van der Waals surface area contributed by atoms with E-state index in [0.717, 1.165) is 17.6 Å². The first-order valence-corrected chi connectivity index (χ1v) is 13.1. The fraction of sp³-hybridized carbons (Fsp3) is 0.321. The van der Waals surface area contributed by atoms with Gasteiger partial charge in [-0.1, -0.05) is 52.3 Å². The molecule has 192 valence electrons. The average molecular weight is 566 g/mol. The number of carbonyl (C=O) groups is 3. The van der Waals surface area contributed by atoms with Gasteiger partial charge >= 0.3 is 0 Å². The molecule has 8 nitrogen and oxygen atoms in total. The van der Waals surface area contributed by atoms with E-state index in [1.165, 1.54) is 9.80 Å². The fourth-order valence-corrected chi connectivity index (χ4v) is 5.77. The number of benzene rings is 2. The topological polar surface area (TPSA) is 90.4 Å². The van der Waals surface area contributed by atoms with E-state index in [-0.39, 0.29) is 24.4 Å². The zero-order valence-electron chi connectivity index (χ0n) is 20.4. The predicted octanol–water partition coefficient (Wildman–Crippen LogP) is 3.28. The van der Waals surface area contributed by atoms with Crippen molar-refractivity contribution in [3.05, 3.63) is 82.4 Å². The summed E-state index contributed by atoms with van der Waals surface area (Å²) in [5, 5.41) is 11.5. The van der Waals surface area contributed by atoms with Crippen molar-refractivity contribution in [3.63, 3.8) is 0 Å². The van der Waals surface area contributed by atoms with Crippen LogP contribution in [0.3, 0.4) is 0 Å². The Kier molecular flexibility index (Phi) is 7.02. The molecule has 5 rings (SSSR count). The normalized spacial score (nSPS) is 23.2. The van der Waals surface area contributed by atoms with Crippen molar-refractivity contribution in [2.24, 2.45) is 0 Å². The first kappa shape index (κ1) is 25.4. The Morgan fingerprint density at radius 3 is 2.46 bits per heavy atom. The quantitative estimate of drug-likeness (QED) is 0.240. The van der Waals surface area contributed by atoms with Gasteiger partial charge in [-0.3, -0.25) is 19.3 Å². The van der Waals surface area contributed by atoms with Crippen LogP contribution in [0.25, 0.3) is 5.76 Å². The van der Waals surface area contributed by atoms with Crippen molar-refractivity contribution in [3.8, 4) is 0 Å². The molecular formula is C28H28BrN3O5. The number of hydrogen-bond donors (Lipinski definition) is 1. The third-order valence-corrected chi connectivity index (χ3v) is 7.73. The average Bonchev–Trinajstić information content (AvgIpc) is 3.28. The van der Waals surface area contributed by atoms with Gasteiger partial charge in [0.2, 0.25) is 0 Å². The summed E-state index contributed by atoms with van der Waals surface area (Å²) < 4.78 is 6.21. The molecule has 0 radical (unpaired) electrons. The lowest BCUT2D eigenvalue weighted by Gasteiger charge is -2.35. The van der Waals surface area contributed by atoms with Gasteiger partial charge in [0.15, 0.2) is 5.54 Å². The number of amides is 2. The van der Waals surface area contributed by atoms with Crippen LogP contribution >= 0.6 is 15.9 Å². The molecule has 0 saturated carbocycles. The smallest absolute Gasteiger partial charge is 0.296 e. The monoisotopic (exact) mass is 565 g/mol. The highest BCUT2D eigenvalue weighted by atomic mass is 79.9. The molecule has 0 aromatic heterocycles. The second-order valence-corrected chi connectivity index (χ2v) is 10.2. The van der Waals surface area contributed by atoms with Crippen molar-refractivity contribution in [1.82, 2.24) is 9.80 Å². The highest BCUT2D eigenvalue weighted by molar-refractivity contribution is 9.10. The Hall–Kier alpha value is -3.27. The van der Waals surface area contributed by atoms with Crippen LogP contribution in [0.2, 0.25) is 0 Å². The van der Waals surface area contributed by atoms with Crippen LogP contribution in [-0.4, -0.2) is 78.4 Å². The van der Waals surface area contributed by atoms with Crippen LogP contribution in [-0.2, 0) is 24.7 Å². The number of ketones is 1. The second kappa shape index (κ2) is 10.2. The maximum absolute atomic E-state index is 14.3. The van der Waals surface area contributed by atoms with Crippen molar-refractivity contribution >= 4 is 45.0 Å². The van der Waals surface area contributed by atoms with Crippen LogP contribution in [0, 0.1) is 0 Å². The molecule has 2 aromatic rings. The predicted molar refractivity (Wildman–Crippen MR) is 143 cm³/mol. The van der Waals surface area contributed by atoms with Crippen molar-refractivity contribution in [2.45, 2.75) is 12.0 Å². The largest absolute Gasteiger partial charge is 0.507 e. The van der Waals surface area contributed by atoms with E-state index < -0.39 is 23.1 Å². The number of hydrogen-bond acceptors (Lipinski definition) is 6. The first-order valence-electron chi connectivity index (χ1n) is 12.3. The molecule has 3 aliphatic rings. The molecule has 2 saturated heterocycles. The Balaban J connectivity index is 1.65. The van der Waals surface area contributed by atoms with Gasteiger partial charge in [0.1, 0.15) is 5.76 Å². The van der Waals surface area contributed by atoms with Crippen molar-refractivity contribution in [1.29, 1.82) is 0 Å². The summed E-state index contributed by atoms with van der Waals surface area (Å²) in [6.07, 6.45) is 2.16. The third kappa shape index (κ3) is 4.11. The molecule has 2 fully saturated rings. The number of rotatable bonds is 7. The van der Waals surface area contributed by atoms with Gasteiger partial charge < -0.3 is 19.6 Å². The summed E-state index contributed by atoms with van der Waals surface area (Å²) >= 11 is 3.38. The lowest BCUT2D eigenvalue weighted by Crippen LogP contribution is -2.52. The van der Waals surface area contributed by atoms with Crippen LogP contribution < -0.4 is 4.90 Å². The van der Waals surface area contributed by atoms with E-state index >= 15 is 0 Å². The number of nitrogens with zero attached hydrogens (tertiary/aromatic N) is 3. The summed E-state index contributed by atoms with van der Waals surface area (Å²) in [6.45, 7) is 7.76. The molecular weight excluding hydrogens is 538 g/mol. The molecule has 1 N–H and O–H groups in total. The first-order chi connectivity index (χ1) is 17.9. The molecule has 0 bridgehead atoms. The van der Waals surface area contributed by atoms with Gasteiger partial charge in [-0.2, -0.15) is 0 Å². The Bertz CT molecular complexity index is 1280. The lowest BCUT2D eigenvalue weighted by molar-refractivity contribution is -0.143. The standard InChI is InChI=1S/C28H28BrN3O5/c1-2-12-31-22-7-4-3-6-21(22)28(27(31)36)23(24(33)19-8-10-20(29)11-9-19)25(34)26(35)32(28)14-5-13-30-15-17-37-18-16-30/h2-4,6-11,33H,1,5,12-18H2. The van der Waals surface area contributed by atoms with Gasteiger partial charge in [0, 0.05) is 48.3 Å². The van der Waals surface area contributed by atoms with E-state index in [4.69, 9.17) is 4.74 Å². The number of halogens is 1. The van der Waals surface area contributed by atoms with Gasteiger partial charge in [-0.25, -0.2) is 0 Å². The minimum Gasteiger partial charge on any atom is -0.507 e. The van der Waals surface area contributed by atoms with Crippen LogP contribution in [0.15, 0.2) is 71.2 Å². The number of fused-ring (bicyclic) bond motifs is 2. The number of aliphatic hydroxyl groups excluding tert-OH is 1. The maximum atomic E-state index is 14.3. The Morgan fingerprint density at radius 1 is 1.05 bits per heavy atom. The molecule has 1 spiro atoms. The second-order valence-electron chi connectivity index (χ2n) is 9.26. The SMILES string of the molecule is C=CCN1C(=O)C2(C(=C(O)c3ccc(Br)cc3)C(=O)C(=O)N2CCCN2CCOCC2)c2ccccc21. The van der Waals surface area contributed by atoms with Crippen LogP contribution in [0.4, 0.5) is 5.69 Å². The van der Waals surface area contributed by atoms with Crippen LogP contribution in [0.5, 0.6) is 0 Å². The lowest BCUT2D eigenvalue weighted by atomic mass is 9.82. The zero-order valence-corrected chi connectivity index (χ0v) is 21.9. The van der Waals surface area contributed by atoms with E-state index in [1.54, 1.807) is 54.6 Å². The molecule has 9 heteroatoms. The molecule has 1 unspecified atom stereocenters. The number of ether oxygens (including phenoxy) is 1. The molecule has 3 heterocycles. The van der Waals surface area contributed by atoms with Crippen molar-refractivity contribution in [2.75, 3.05) is 50.8 Å². The molecule has 37 heavy (non-hydrogen) atoms. The minimum absolute atomic E-state index is 0.182. The van der Waals surface area contributed by atoms with E-state index in [2.05, 4.69) is 27.4 Å². The number of carbonyl (C=O) groups excluding carboxylic acids is 3. The minimum atomic E-state index is -1.75. The molecule has 1 atom stereocenters. The van der Waals surface area contributed by atoms with Gasteiger partial charge in [-0.05, 0) is 24.6 Å². The number of Topliss-reactive ketones (excluding diaryl/α,β-unsaturated/α-hetero) is 1. The molecule has 2 amide bonds. The number of morpholine rings is 1. The van der Waals surface area contributed by atoms with Gasteiger partial charge in [-0.15, -0.1) is 6.58 Å². The Morgan fingerprint density at radius 2 is 1.76 bits per heavy atom. The highest BCUT2D eigenvalue weighted by Gasteiger charge is 2.66. The maximum Gasteiger partial charge on any atom is 0.296 e. The number of para-hydroxylation sites is 1. The third-order valence-electron chi connectivity index (χ3n) is 7.20. The summed E-state index contributed by atoms with van der Waals surface area (Å²) in [5.74, 6) is -2.47. The van der Waals surface area contributed by atoms with E-state index in [0.29, 0.717) is 43.0 Å². The number of anilines is 1. The van der Waals surface area contributed by atoms with Gasteiger partial charge in [0.25, 0.3) is 17.6 Å². The molecule has 2 aromatic carbocycles. The fourth-order valence-electron chi connectivity index (χ4n) is 5.51. The number of aliphatic hydroxyl groups is 1. The zero-order chi connectivity index (χ0) is 26.2. The summed E-state index contributed by atoms with van der Waals surface area (Å²) in [6, 6.07) is 13.9. The summed E-state index contributed by atoms with van der Waals surface area (Å²) in [4.78, 5) is 46.6. The summed E-state index contributed by atoms with van der Waals surface area (Å²) in [5.41, 5.74) is -0.507.